The zero-order chi connectivity index (χ0) is 21.8. The predicted octanol–water partition coefficient (Wildman–Crippen LogP) is 3.75. The molecule has 5 nitrogen and oxygen atoms in total. The van der Waals surface area contributed by atoms with Crippen molar-refractivity contribution in [1.29, 1.82) is 0 Å². The van der Waals surface area contributed by atoms with E-state index < -0.39 is 6.10 Å². The van der Waals surface area contributed by atoms with Crippen molar-refractivity contribution in [2.45, 2.75) is 90.8 Å². The smallest absolute Gasteiger partial charge is 0.305 e. The van der Waals surface area contributed by atoms with Gasteiger partial charge in [0.2, 0.25) is 0 Å². The summed E-state index contributed by atoms with van der Waals surface area (Å²) in [4.78, 5) is 25.1. The molecule has 0 heterocycles. The summed E-state index contributed by atoms with van der Waals surface area (Å²) in [5.41, 5.74) is -0.210. The molecular weight excluding hydrogens is 380 g/mol. The summed E-state index contributed by atoms with van der Waals surface area (Å²) in [6, 6.07) is 0. The minimum atomic E-state index is -0.410. The first-order valence-corrected chi connectivity index (χ1v) is 12.1. The van der Waals surface area contributed by atoms with Crippen molar-refractivity contribution in [3.05, 3.63) is 0 Å². The molecule has 4 rings (SSSR count). The van der Waals surface area contributed by atoms with E-state index in [1.807, 2.05) is 0 Å². The van der Waals surface area contributed by atoms with Gasteiger partial charge in [-0.15, -0.1) is 0 Å². The van der Waals surface area contributed by atoms with Crippen LogP contribution >= 0.6 is 0 Å². The molecule has 5 unspecified atom stereocenters. The van der Waals surface area contributed by atoms with Crippen molar-refractivity contribution in [3.8, 4) is 0 Å². The van der Waals surface area contributed by atoms with Gasteiger partial charge in [0.15, 0.2) is 0 Å². The predicted molar refractivity (Wildman–Crippen MR) is 113 cm³/mol. The van der Waals surface area contributed by atoms with Gasteiger partial charge in [0.1, 0.15) is 5.78 Å². The first-order valence-electron chi connectivity index (χ1n) is 12.1. The highest BCUT2D eigenvalue weighted by atomic mass is 16.5. The lowest BCUT2D eigenvalue weighted by Gasteiger charge is -2.61. The largest absolute Gasteiger partial charge is 0.469 e. The van der Waals surface area contributed by atoms with E-state index in [0.717, 1.165) is 38.5 Å². The number of rotatable bonds is 4. The van der Waals surface area contributed by atoms with Crippen LogP contribution in [0.3, 0.4) is 0 Å². The minimum Gasteiger partial charge on any atom is -0.469 e. The standard InChI is InChI=1S/C25H40O5/c1-14(5-8-22(29)30-4)17-6-7-18-23-19(13-21(28)25(17,18)3)24(2)10-9-16(26)11-15(24)12-20(23)27/h14-19,21,23,26,28H,5-13H2,1-4H3/t14?,15-,16+,17?,18?,19?,21-,23?,24-,25+/m1/s1. The SMILES string of the molecule is COC(=O)CCC(C)C1CCC2C3C(=O)C[C@H]4C[C@@H](O)CC[C@@]4(C)C3C[C@@H](O)[C@@]12C. The molecule has 0 saturated heterocycles. The summed E-state index contributed by atoms with van der Waals surface area (Å²) in [6.07, 6.45) is 6.32. The lowest BCUT2D eigenvalue weighted by molar-refractivity contribution is -0.182. The first kappa shape index (κ1) is 22.3. The van der Waals surface area contributed by atoms with Crippen molar-refractivity contribution >= 4 is 11.8 Å². The zero-order valence-electron chi connectivity index (χ0n) is 19.1. The molecule has 0 aromatic heterocycles. The van der Waals surface area contributed by atoms with Gasteiger partial charge < -0.3 is 14.9 Å². The van der Waals surface area contributed by atoms with E-state index in [1.54, 1.807) is 0 Å². The molecule has 0 bridgehead atoms. The molecule has 10 atom stereocenters. The number of aliphatic hydroxyl groups is 2. The molecule has 0 aromatic carbocycles. The second-order valence-electron chi connectivity index (χ2n) is 11.4. The maximum atomic E-state index is 13.4. The van der Waals surface area contributed by atoms with E-state index in [1.165, 1.54) is 7.11 Å². The van der Waals surface area contributed by atoms with Gasteiger partial charge in [-0.2, -0.15) is 0 Å². The summed E-state index contributed by atoms with van der Waals surface area (Å²) in [7, 11) is 1.43. The molecule has 30 heavy (non-hydrogen) atoms. The molecule has 0 amide bonds. The third kappa shape index (κ3) is 3.26. The molecule has 170 valence electrons. The Kier molecular flexibility index (Phi) is 5.85. The van der Waals surface area contributed by atoms with Crippen LogP contribution in [0.2, 0.25) is 0 Å². The second kappa shape index (κ2) is 7.88. The highest BCUT2D eigenvalue weighted by Crippen LogP contribution is 2.67. The van der Waals surface area contributed by atoms with Gasteiger partial charge in [0.05, 0.1) is 19.3 Å². The first-order chi connectivity index (χ1) is 14.1. The Morgan fingerprint density at radius 1 is 1.17 bits per heavy atom. The van der Waals surface area contributed by atoms with Crippen LogP contribution in [0.1, 0.15) is 78.6 Å². The van der Waals surface area contributed by atoms with Gasteiger partial charge in [-0.3, -0.25) is 9.59 Å². The van der Waals surface area contributed by atoms with Crippen LogP contribution in [0.5, 0.6) is 0 Å². The molecule has 0 aliphatic heterocycles. The summed E-state index contributed by atoms with van der Waals surface area (Å²) < 4.78 is 4.82. The Balaban J connectivity index is 1.59. The van der Waals surface area contributed by atoms with E-state index in [-0.39, 0.29) is 46.6 Å². The van der Waals surface area contributed by atoms with Crippen LogP contribution < -0.4 is 0 Å². The van der Waals surface area contributed by atoms with Gasteiger partial charge in [-0.25, -0.2) is 0 Å². The fourth-order valence-corrected chi connectivity index (χ4v) is 8.49. The number of ether oxygens (including phenoxy) is 1. The monoisotopic (exact) mass is 420 g/mol. The molecule has 0 aromatic rings. The van der Waals surface area contributed by atoms with Crippen molar-refractivity contribution in [2.24, 2.45) is 46.3 Å². The summed E-state index contributed by atoms with van der Waals surface area (Å²) in [6.45, 7) is 6.74. The van der Waals surface area contributed by atoms with Crippen molar-refractivity contribution in [2.75, 3.05) is 7.11 Å². The number of esters is 1. The molecule has 5 heteroatoms. The highest BCUT2D eigenvalue weighted by Gasteiger charge is 2.65. The third-order valence-corrected chi connectivity index (χ3v) is 10.3. The Morgan fingerprint density at radius 2 is 1.90 bits per heavy atom. The van der Waals surface area contributed by atoms with E-state index in [9.17, 15) is 19.8 Å². The molecule has 4 aliphatic rings. The van der Waals surface area contributed by atoms with Crippen LogP contribution in [-0.4, -0.2) is 41.3 Å². The number of hydrogen-bond donors (Lipinski definition) is 2. The lowest BCUT2D eigenvalue weighted by atomic mass is 9.43. The number of carbonyl (C=O) groups excluding carboxylic acids is 2. The Hall–Kier alpha value is -0.940. The van der Waals surface area contributed by atoms with Gasteiger partial charge in [0, 0.05) is 24.2 Å². The third-order valence-electron chi connectivity index (χ3n) is 10.3. The highest BCUT2D eigenvalue weighted by molar-refractivity contribution is 5.83. The van der Waals surface area contributed by atoms with Crippen LogP contribution in [0.25, 0.3) is 0 Å². The maximum Gasteiger partial charge on any atom is 0.305 e. The maximum absolute atomic E-state index is 13.4. The lowest BCUT2D eigenvalue weighted by Crippen LogP contribution is -2.61. The summed E-state index contributed by atoms with van der Waals surface area (Å²) in [5, 5.41) is 21.7. The molecule has 4 fully saturated rings. The molecule has 4 aliphatic carbocycles. The molecule has 2 N–H and O–H groups in total. The normalized spacial score (nSPS) is 49.0. The van der Waals surface area contributed by atoms with Gasteiger partial charge in [-0.1, -0.05) is 20.8 Å². The number of Topliss-reactive ketones (excluding diaryl/α,β-unsaturated/α-hetero) is 1. The van der Waals surface area contributed by atoms with E-state index >= 15 is 0 Å². The van der Waals surface area contributed by atoms with Gasteiger partial charge in [-0.05, 0) is 80.0 Å². The molecule has 4 saturated carbocycles. The minimum absolute atomic E-state index is 0.0488. The van der Waals surface area contributed by atoms with Crippen LogP contribution in [0.4, 0.5) is 0 Å². The van der Waals surface area contributed by atoms with Crippen LogP contribution in [0.15, 0.2) is 0 Å². The van der Waals surface area contributed by atoms with E-state index in [0.29, 0.717) is 36.9 Å². The van der Waals surface area contributed by atoms with Crippen molar-refractivity contribution < 1.29 is 24.5 Å². The van der Waals surface area contributed by atoms with E-state index in [4.69, 9.17) is 4.74 Å². The second-order valence-corrected chi connectivity index (χ2v) is 11.4. The number of carbonyl (C=O) groups is 2. The number of ketones is 1. The summed E-state index contributed by atoms with van der Waals surface area (Å²) in [5.74, 6) is 1.61. The fourth-order valence-electron chi connectivity index (χ4n) is 8.49. The van der Waals surface area contributed by atoms with Crippen molar-refractivity contribution in [1.82, 2.24) is 0 Å². The molecule has 0 spiro atoms. The van der Waals surface area contributed by atoms with Gasteiger partial charge >= 0.3 is 5.97 Å². The average molecular weight is 421 g/mol. The quantitative estimate of drug-likeness (QED) is 0.677. The molecule has 0 radical (unpaired) electrons. The number of fused-ring (bicyclic) bond motifs is 5. The van der Waals surface area contributed by atoms with Crippen LogP contribution in [-0.2, 0) is 14.3 Å². The molecular formula is C25H40O5. The average Bonchev–Trinajstić information content (AvgIpc) is 3.06. The fraction of sp³-hybridized carbons (Fsp3) is 0.920. The summed E-state index contributed by atoms with van der Waals surface area (Å²) >= 11 is 0. The Morgan fingerprint density at radius 3 is 2.60 bits per heavy atom. The van der Waals surface area contributed by atoms with Crippen molar-refractivity contribution in [3.63, 3.8) is 0 Å². The number of aliphatic hydroxyl groups excluding tert-OH is 2. The van der Waals surface area contributed by atoms with Gasteiger partial charge in [0.25, 0.3) is 0 Å². The number of methoxy groups -OCH3 is 1. The topological polar surface area (TPSA) is 83.8 Å². The number of hydrogen-bond acceptors (Lipinski definition) is 5. The van der Waals surface area contributed by atoms with E-state index in [2.05, 4.69) is 20.8 Å². The Labute approximate surface area is 180 Å². The zero-order valence-corrected chi connectivity index (χ0v) is 19.1. The Bertz CT molecular complexity index is 691. The van der Waals surface area contributed by atoms with Crippen LogP contribution in [0, 0.1) is 46.3 Å².